The maximum atomic E-state index is 5.51. The van der Waals surface area contributed by atoms with Crippen molar-refractivity contribution in [2.45, 2.75) is 69.6 Å². The summed E-state index contributed by atoms with van der Waals surface area (Å²) in [5, 5.41) is 0.552. The number of hydrogen-bond acceptors (Lipinski definition) is 4. The topological polar surface area (TPSA) is 39.9 Å². The molecule has 0 bridgehead atoms. The van der Waals surface area contributed by atoms with Gasteiger partial charge >= 0.3 is 0 Å². The van der Waals surface area contributed by atoms with Gasteiger partial charge in [0.15, 0.2) is 5.65 Å². The Morgan fingerprint density at radius 3 is 2.62 bits per heavy atom. The van der Waals surface area contributed by atoms with Crippen LogP contribution in [0.1, 0.15) is 53.3 Å². The quantitative estimate of drug-likeness (QED) is 0.754. The van der Waals surface area contributed by atoms with E-state index in [9.17, 15) is 0 Å². The van der Waals surface area contributed by atoms with Crippen LogP contribution in [0.15, 0.2) is 17.2 Å². The van der Waals surface area contributed by atoms with Gasteiger partial charge in [0, 0.05) is 41.5 Å². The van der Waals surface area contributed by atoms with Gasteiger partial charge in [-0.2, -0.15) is 0 Å². The van der Waals surface area contributed by atoms with Crippen LogP contribution in [0.25, 0.3) is 11.2 Å². The SMILES string of the molecule is CC(C)Sc1cnc2c(c1)nc(C(C)(C)C)n2CC1CCOCC1. The smallest absolute Gasteiger partial charge is 0.160 e. The van der Waals surface area contributed by atoms with E-state index in [-0.39, 0.29) is 5.41 Å². The standard InChI is InChI=1S/C19H29N3OS/c1-13(2)24-15-10-16-17(20-11-15)22(18(21-16)19(3,4)5)12-14-6-8-23-9-7-14/h10-11,13-14H,6-9,12H2,1-5H3. The van der Waals surface area contributed by atoms with Crippen molar-refractivity contribution >= 4 is 22.9 Å². The fraction of sp³-hybridized carbons (Fsp3) is 0.684. The Morgan fingerprint density at radius 2 is 2.00 bits per heavy atom. The molecule has 1 fully saturated rings. The van der Waals surface area contributed by atoms with Crippen molar-refractivity contribution in [2.24, 2.45) is 5.92 Å². The molecule has 2 aromatic rings. The van der Waals surface area contributed by atoms with E-state index in [1.165, 1.54) is 4.90 Å². The van der Waals surface area contributed by atoms with Crippen molar-refractivity contribution in [3.05, 3.63) is 18.1 Å². The molecule has 0 N–H and O–H groups in total. The molecule has 0 atom stereocenters. The number of nitrogens with zero attached hydrogens (tertiary/aromatic N) is 3. The minimum atomic E-state index is 0.0111. The third-order valence-corrected chi connectivity index (χ3v) is 5.35. The lowest BCUT2D eigenvalue weighted by Gasteiger charge is -2.26. The van der Waals surface area contributed by atoms with Crippen molar-refractivity contribution in [1.82, 2.24) is 14.5 Å². The summed E-state index contributed by atoms with van der Waals surface area (Å²) in [5.41, 5.74) is 2.06. The van der Waals surface area contributed by atoms with Gasteiger partial charge in [0.2, 0.25) is 0 Å². The van der Waals surface area contributed by atoms with Gasteiger partial charge in [0.25, 0.3) is 0 Å². The molecule has 0 radical (unpaired) electrons. The predicted molar refractivity (Wildman–Crippen MR) is 101 cm³/mol. The molecule has 1 aliphatic heterocycles. The molecular formula is C19H29N3OS. The number of fused-ring (bicyclic) bond motifs is 1. The van der Waals surface area contributed by atoms with E-state index < -0.39 is 0 Å². The molecule has 3 heterocycles. The van der Waals surface area contributed by atoms with Gasteiger partial charge in [-0.25, -0.2) is 9.97 Å². The largest absolute Gasteiger partial charge is 0.381 e. The molecule has 5 heteroatoms. The summed E-state index contributed by atoms with van der Waals surface area (Å²) in [6.45, 7) is 13.9. The second-order valence-electron chi connectivity index (χ2n) is 8.03. The monoisotopic (exact) mass is 347 g/mol. The molecule has 3 rings (SSSR count). The second-order valence-corrected chi connectivity index (χ2v) is 9.68. The molecule has 1 saturated heterocycles. The molecule has 4 nitrogen and oxygen atoms in total. The molecule has 0 saturated carbocycles. The Morgan fingerprint density at radius 1 is 1.29 bits per heavy atom. The normalized spacial score (nSPS) is 17.1. The first kappa shape index (κ1) is 17.7. The van der Waals surface area contributed by atoms with E-state index in [0.29, 0.717) is 11.2 Å². The first-order valence-electron chi connectivity index (χ1n) is 8.96. The van der Waals surface area contributed by atoms with Crippen LogP contribution in [0.3, 0.4) is 0 Å². The molecule has 132 valence electrons. The first-order chi connectivity index (χ1) is 11.3. The summed E-state index contributed by atoms with van der Waals surface area (Å²) in [4.78, 5) is 11.0. The summed E-state index contributed by atoms with van der Waals surface area (Å²) in [6.07, 6.45) is 4.26. The summed E-state index contributed by atoms with van der Waals surface area (Å²) < 4.78 is 7.87. The third kappa shape index (κ3) is 3.94. The van der Waals surface area contributed by atoms with Gasteiger partial charge in [0.1, 0.15) is 11.3 Å². The van der Waals surface area contributed by atoms with Crippen molar-refractivity contribution in [1.29, 1.82) is 0 Å². The van der Waals surface area contributed by atoms with E-state index in [4.69, 9.17) is 14.7 Å². The van der Waals surface area contributed by atoms with Crippen LogP contribution in [0.5, 0.6) is 0 Å². The van der Waals surface area contributed by atoms with Crippen LogP contribution in [-0.4, -0.2) is 33.0 Å². The zero-order chi connectivity index (χ0) is 17.3. The number of imidazole rings is 1. The number of hydrogen-bond donors (Lipinski definition) is 0. The molecule has 1 aliphatic rings. The highest BCUT2D eigenvalue weighted by Crippen LogP contribution is 2.31. The third-order valence-electron chi connectivity index (χ3n) is 4.38. The van der Waals surface area contributed by atoms with Gasteiger partial charge in [0.05, 0.1) is 0 Å². The van der Waals surface area contributed by atoms with Gasteiger partial charge in [-0.3, -0.25) is 0 Å². The Labute approximate surface area is 149 Å². The maximum absolute atomic E-state index is 5.51. The number of ether oxygens (including phenoxy) is 1. The van der Waals surface area contributed by atoms with Crippen molar-refractivity contribution in [3.63, 3.8) is 0 Å². The average molecular weight is 348 g/mol. The van der Waals surface area contributed by atoms with E-state index >= 15 is 0 Å². The minimum absolute atomic E-state index is 0.0111. The van der Waals surface area contributed by atoms with Gasteiger partial charge in [-0.1, -0.05) is 34.6 Å². The Kier molecular flexibility index (Phi) is 5.21. The fourth-order valence-corrected chi connectivity index (χ4v) is 4.10. The molecule has 2 aromatic heterocycles. The van der Waals surface area contributed by atoms with Crippen LogP contribution in [0, 0.1) is 5.92 Å². The molecule has 0 aromatic carbocycles. The lowest BCUT2D eigenvalue weighted by Crippen LogP contribution is -2.25. The van der Waals surface area contributed by atoms with Crippen molar-refractivity contribution in [3.8, 4) is 0 Å². The summed E-state index contributed by atoms with van der Waals surface area (Å²) in [7, 11) is 0. The summed E-state index contributed by atoms with van der Waals surface area (Å²) in [6, 6.07) is 2.20. The second kappa shape index (κ2) is 7.04. The average Bonchev–Trinajstić information content (AvgIpc) is 2.86. The Balaban J connectivity index is 2.00. The molecule has 0 spiro atoms. The van der Waals surface area contributed by atoms with Crippen LogP contribution in [-0.2, 0) is 16.7 Å². The van der Waals surface area contributed by atoms with E-state index in [1.807, 2.05) is 18.0 Å². The summed E-state index contributed by atoms with van der Waals surface area (Å²) in [5.74, 6) is 1.80. The Bertz CT molecular complexity index is 696. The van der Waals surface area contributed by atoms with Crippen molar-refractivity contribution < 1.29 is 4.74 Å². The van der Waals surface area contributed by atoms with Crippen LogP contribution < -0.4 is 0 Å². The van der Waals surface area contributed by atoms with Crippen LogP contribution >= 0.6 is 11.8 Å². The van der Waals surface area contributed by atoms with Gasteiger partial charge in [-0.15, -0.1) is 11.8 Å². The summed E-state index contributed by atoms with van der Waals surface area (Å²) >= 11 is 1.84. The zero-order valence-corrected chi connectivity index (χ0v) is 16.3. The number of thioether (sulfide) groups is 1. The minimum Gasteiger partial charge on any atom is -0.381 e. The molecular weight excluding hydrogens is 318 g/mol. The molecule has 24 heavy (non-hydrogen) atoms. The van der Waals surface area contributed by atoms with Crippen LogP contribution in [0.4, 0.5) is 0 Å². The lowest BCUT2D eigenvalue weighted by molar-refractivity contribution is 0.0611. The maximum Gasteiger partial charge on any atom is 0.160 e. The number of pyridine rings is 1. The van der Waals surface area contributed by atoms with E-state index in [2.05, 4.69) is 45.3 Å². The van der Waals surface area contributed by atoms with Crippen LogP contribution in [0.2, 0.25) is 0 Å². The fourth-order valence-electron chi connectivity index (χ4n) is 3.26. The van der Waals surface area contributed by atoms with E-state index in [0.717, 1.165) is 49.6 Å². The molecule has 0 unspecified atom stereocenters. The molecule has 0 amide bonds. The van der Waals surface area contributed by atoms with E-state index in [1.54, 1.807) is 0 Å². The van der Waals surface area contributed by atoms with Gasteiger partial charge in [-0.05, 0) is 24.8 Å². The Hall–Kier alpha value is -1.07. The number of aromatic nitrogens is 3. The van der Waals surface area contributed by atoms with Gasteiger partial charge < -0.3 is 9.30 Å². The predicted octanol–water partition coefficient (Wildman–Crippen LogP) is 4.66. The highest BCUT2D eigenvalue weighted by molar-refractivity contribution is 7.99. The lowest BCUT2D eigenvalue weighted by atomic mass is 9.94. The molecule has 0 aliphatic carbocycles. The zero-order valence-electron chi connectivity index (χ0n) is 15.5. The van der Waals surface area contributed by atoms with Crippen molar-refractivity contribution in [2.75, 3.05) is 13.2 Å². The number of rotatable bonds is 4. The highest BCUT2D eigenvalue weighted by atomic mass is 32.2. The first-order valence-corrected chi connectivity index (χ1v) is 9.83. The highest BCUT2D eigenvalue weighted by Gasteiger charge is 2.26.